The van der Waals surface area contributed by atoms with Crippen LogP contribution in [0.4, 0.5) is 13.2 Å². The number of alkyl halides is 3. The summed E-state index contributed by atoms with van der Waals surface area (Å²) in [5, 5.41) is 21.4. The monoisotopic (exact) mass is 678 g/mol. The Hall–Kier alpha value is -3.01. The van der Waals surface area contributed by atoms with Gasteiger partial charge in [-0.05, 0) is 69.7 Å². The van der Waals surface area contributed by atoms with Gasteiger partial charge in [-0.1, -0.05) is 49.6 Å². The lowest BCUT2D eigenvalue weighted by atomic mass is 9.44. The molecule has 3 saturated carbocycles. The second kappa shape index (κ2) is 12.5. The number of ether oxygens (including phenoxy) is 2. The van der Waals surface area contributed by atoms with Crippen molar-refractivity contribution in [3.8, 4) is 11.8 Å². The molecule has 0 spiro atoms. The van der Waals surface area contributed by atoms with E-state index in [1.807, 2.05) is 0 Å². The van der Waals surface area contributed by atoms with E-state index in [9.17, 15) is 29.0 Å². The van der Waals surface area contributed by atoms with Gasteiger partial charge in [0, 0.05) is 22.7 Å². The highest BCUT2D eigenvalue weighted by atomic mass is 32.2. The minimum Gasteiger partial charge on any atom is -0.457 e. The predicted octanol–water partition coefficient (Wildman–Crippen LogP) is 5.48. The van der Waals surface area contributed by atoms with E-state index in [4.69, 9.17) is 13.9 Å². The topological polar surface area (TPSA) is 123 Å². The molecule has 0 aromatic carbocycles. The van der Waals surface area contributed by atoms with Crippen molar-refractivity contribution in [2.75, 3.05) is 12.4 Å². The Labute approximate surface area is 276 Å². The third-order valence-electron chi connectivity index (χ3n) is 10.8. The van der Waals surface area contributed by atoms with Gasteiger partial charge in [0.25, 0.3) is 0 Å². The first-order valence-electron chi connectivity index (χ1n) is 15.8. The van der Waals surface area contributed by atoms with Gasteiger partial charge in [0.2, 0.25) is 10.9 Å². The Morgan fingerprint density at radius 1 is 1.17 bits per heavy atom. The van der Waals surface area contributed by atoms with Crippen molar-refractivity contribution in [1.29, 1.82) is 0 Å². The summed E-state index contributed by atoms with van der Waals surface area (Å²) in [6, 6.07) is 2.88. The third kappa shape index (κ3) is 5.76. The Kier molecular flexibility index (Phi) is 9.36. The summed E-state index contributed by atoms with van der Waals surface area (Å²) in [5.74, 6) is 1.05. The van der Waals surface area contributed by atoms with Crippen LogP contribution >= 0.6 is 11.8 Å². The summed E-state index contributed by atoms with van der Waals surface area (Å²) in [5.41, 5.74) is -8.73. The zero-order valence-electron chi connectivity index (χ0n) is 27.1. The van der Waals surface area contributed by atoms with E-state index in [2.05, 4.69) is 11.8 Å². The number of furan rings is 1. The maximum Gasteiger partial charge on any atom is 0.375 e. The molecule has 4 aliphatic rings. The molecule has 256 valence electrons. The molecular weight excluding hydrogens is 637 g/mol. The molecule has 5 rings (SSSR count). The number of hydrogen-bond donors (Lipinski definition) is 2. The molecule has 0 aliphatic heterocycles. The number of fused-ring (bicyclic) bond motifs is 5. The van der Waals surface area contributed by atoms with Crippen LogP contribution < -0.4 is 0 Å². The van der Waals surface area contributed by atoms with Crippen LogP contribution in [0, 0.1) is 40.4 Å². The first kappa shape index (κ1) is 35.3. The lowest BCUT2D eigenvalue weighted by Crippen LogP contribution is -2.70. The molecule has 0 saturated heterocycles. The van der Waals surface area contributed by atoms with E-state index >= 15 is 8.78 Å². The maximum atomic E-state index is 17.7. The SMILES string of the molecule is CC1CC2C3CC(F)C4=CC(O)C=CC4(C)C3(F)C(O)CC2(C)C1(OC(=O)c1ccco1)C(=O)SCC#CCOC(=O)CC(C)(C)F. The number of aliphatic hydroxyl groups excluding tert-OH is 2. The van der Waals surface area contributed by atoms with Gasteiger partial charge in [-0.15, -0.1) is 0 Å². The van der Waals surface area contributed by atoms with Gasteiger partial charge in [0.15, 0.2) is 17.9 Å². The van der Waals surface area contributed by atoms with Crippen LogP contribution in [-0.2, 0) is 19.1 Å². The van der Waals surface area contributed by atoms with Crippen molar-refractivity contribution in [2.45, 2.75) is 95.6 Å². The van der Waals surface area contributed by atoms with Gasteiger partial charge in [-0.3, -0.25) is 9.59 Å². The summed E-state index contributed by atoms with van der Waals surface area (Å²) in [4.78, 5) is 39.6. The van der Waals surface area contributed by atoms with Crippen LogP contribution in [0.25, 0.3) is 0 Å². The molecule has 47 heavy (non-hydrogen) atoms. The Balaban J connectivity index is 1.46. The second-order valence-corrected chi connectivity index (χ2v) is 15.2. The fraction of sp³-hybridized carbons (Fsp3) is 0.629. The average molecular weight is 679 g/mol. The van der Waals surface area contributed by atoms with E-state index in [0.29, 0.717) is 0 Å². The van der Waals surface area contributed by atoms with E-state index in [0.717, 1.165) is 11.8 Å². The molecule has 8 nitrogen and oxygen atoms in total. The number of aliphatic hydroxyl groups is 2. The van der Waals surface area contributed by atoms with Crippen molar-refractivity contribution in [1.82, 2.24) is 0 Å². The molecule has 10 unspecified atom stereocenters. The van der Waals surface area contributed by atoms with Crippen molar-refractivity contribution in [3.63, 3.8) is 0 Å². The molecule has 1 aromatic rings. The van der Waals surface area contributed by atoms with Crippen LogP contribution in [0.2, 0.25) is 0 Å². The van der Waals surface area contributed by atoms with Crippen molar-refractivity contribution in [3.05, 3.63) is 48.0 Å². The lowest BCUT2D eigenvalue weighted by molar-refractivity contribution is -0.221. The van der Waals surface area contributed by atoms with Crippen LogP contribution in [0.5, 0.6) is 0 Å². The molecule has 0 bridgehead atoms. The zero-order chi connectivity index (χ0) is 34.6. The van der Waals surface area contributed by atoms with E-state index in [1.54, 1.807) is 13.8 Å². The van der Waals surface area contributed by atoms with Gasteiger partial charge >= 0.3 is 11.9 Å². The highest BCUT2D eigenvalue weighted by molar-refractivity contribution is 8.14. The zero-order valence-corrected chi connectivity index (χ0v) is 27.9. The highest BCUT2D eigenvalue weighted by Gasteiger charge is 2.78. The summed E-state index contributed by atoms with van der Waals surface area (Å²) >= 11 is 0.768. The molecule has 0 amide bonds. The number of rotatable bonds is 7. The fourth-order valence-electron chi connectivity index (χ4n) is 8.75. The first-order valence-corrected chi connectivity index (χ1v) is 16.7. The van der Waals surface area contributed by atoms with Crippen molar-refractivity contribution < 1.29 is 51.7 Å². The summed E-state index contributed by atoms with van der Waals surface area (Å²) < 4.78 is 63.6. The molecule has 2 N–H and O–H groups in total. The van der Waals surface area contributed by atoms with Crippen LogP contribution in [0.3, 0.4) is 0 Å². The number of carbonyl (C=O) groups is 3. The van der Waals surface area contributed by atoms with Gasteiger partial charge in [0.1, 0.15) is 11.8 Å². The van der Waals surface area contributed by atoms with Crippen molar-refractivity contribution >= 4 is 28.8 Å². The average Bonchev–Trinajstić information content (AvgIpc) is 3.59. The van der Waals surface area contributed by atoms with Crippen LogP contribution in [0.15, 0.2) is 46.6 Å². The summed E-state index contributed by atoms with van der Waals surface area (Å²) in [6.45, 7) is 7.14. The third-order valence-corrected chi connectivity index (χ3v) is 11.7. The maximum absolute atomic E-state index is 17.7. The standard InChI is InChI=1S/C35H41F3O8S/c1-20-15-22-23-17-25(36)24-16-21(39)10-11-32(24,4)34(23,38)27(40)18-33(22,5)35(20,46-29(42)26-9-8-13-44-26)30(43)47-14-7-6-12-45-28(41)19-31(2,3)37/h8-11,13,16,20-23,25,27,39-40H,12,14-15,17-19H2,1-5H3. The van der Waals surface area contributed by atoms with Gasteiger partial charge in [-0.25, -0.2) is 18.0 Å². The first-order chi connectivity index (χ1) is 21.9. The molecule has 0 radical (unpaired) electrons. The van der Waals surface area contributed by atoms with Gasteiger partial charge in [-0.2, -0.15) is 0 Å². The Morgan fingerprint density at radius 2 is 1.89 bits per heavy atom. The summed E-state index contributed by atoms with van der Waals surface area (Å²) in [7, 11) is 0. The molecule has 3 fully saturated rings. The van der Waals surface area contributed by atoms with E-state index in [-0.39, 0.29) is 43.0 Å². The van der Waals surface area contributed by atoms with Crippen LogP contribution in [-0.4, -0.2) is 74.9 Å². The lowest BCUT2D eigenvalue weighted by Gasteiger charge is -2.63. The normalized spacial score (nSPS) is 39.0. The Morgan fingerprint density at radius 3 is 2.55 bits per heavy atom. The van der Waals surface area contributed by atoms with E-state index in [1.165, 1.54) is 57.4 Å². The van der Waals surface area contributed by atoms with Crippen molar-refractivity contribution in [2.24, 2.45) is 28.6 Å². The minimum absolute atomic E-state index is 0.0799. The highest BCUT2D eigenvalue weighted by Crippen LogP contribution is 2.72. The molecule has 12 heteroatoms. The smallest absolute Gasteiger partial charge is 0.375 e. The predicted molar refractivity (Wildman–Crippen MR) is 167 cm³/mol. The molecular formula is C35H41F3O8S. The number of carbonyl (C=O) groups excluding carboxylic acids is 3. The number of esters is 2. The van der Waals surface area contributed by atoms with Crippen LogP contribution in [0.1, 0.15) is 70.9 Å². The molecule has 1 aromatic heterocycles. The number of allylic oxidation sites excluding steroid dienone is 2. The fourth-order valence-corrected chi connectivity index (χ4v) is 9.74. The second-order valence-electron chi connectivity index (χ2n) is 14.2. The minimum atomic E-state index is -2.33. The summed E-state index contributed by atoms with van der Waals surface area (Å²) in [6.07, 6.45) is 0.275. The van der Waals surface area contributed by atoms with Gasteiger partial charge < -0.3 is 24.1 Å². The number of halogens is 3. The largest absolute Gasteiger partial charge is 0.457 e. The van der Waals surface area contributed by atoms with Gasteiger partial charge in [0.05, 0.1) is 30.6 Å². The quantitative estimate of drug-likeness (QED) is 0.219. The molecule has 4 aliphatic carbocycles. The number of thioether (sulfide) groups is 1. The molecule has 1 heterocycles. The van der Waals surface area contributed by atoms with E-state index < -0.39 is 87.4 Å². The molecule has 10 atom stereocenters. The Bertz CT molecular complexity index is 1520. The number of hydrogen-bond acceptors (Lipinski definition) is 9.